The largest absolute Gasteiger partial charge is 0.497 e. The third-order valence-corrected chi connectivity index (χ3v) is 5.90. The minimum Gasteiger partial charge on any atom is -0.497 e. The summed E-state index contributed by atoms with van der Waals surface area (Å²) in [6, 6.07) is 7.58. The molecule has 1 unspecified atom stereocenters. The van der Waals surface area contributed by atoms with Crippen LogP contribution in [0.25, 0.3) is 0 Å². The maximum atomic E-state index is 12.1. The summed E-state index contributed by atoms with van der Waals surface area (Å²) in [7, 11) is 0.361. The van der Waals surface area contributed by atoms with Gasteiger partial charge in [-0.3, -0.25) is 4.79 Å². The number of benzene rings is 1. The van der Waals surface area contributed by atoms with Gasteiger partial charge in [-0.2, -0.15) is 0 Å². The van der Waals surface area contributed by atoms with Crippen molar-refractivity contribution in [3.8, 4) is 5.75 Å². The molecule has 0 bridgehead atoms. The number of ether oxygens (including phenoxy) is 1. The summed E-state index contributed by atoms with van der Waals surface area (Å²) in [6.07, 6.45) is 0.910. The molecule has 0 saturated carbocycles. The number of nitrogens with one attached hydrogen (secondary N) is 1. The number of nitrogens with zero attached hydrogens (tertiary/aromatic N) is 1. The lowest BCUT2D eigenvalue weighted by Crippen LogP contribution is -2.39. The molecule has 6 nitrogen and oxygen atoms in total. The number of amides is 1. The van der Waals surface area contributed by atoms with Crippen LogP contribution >= 0.6 is 0 Å². The SMILES string of the molecule is COc1ccc(CNCCC(=O)N(C)C2CCS(=O)(=O)C2)cc1. The minimum atomic E-state index is -2.96. The summed E-state index contributed by atoms with van der Waals surface area (Å²) in [4.78, 5) is 13.7. The molecule has 1 aromatic rings. The van der Waals surface area contributed by atoms with E-state index in [0.29, 0.717) is 25.9 Å². The van der Waals surface area contributed by atoms with Crippen molar-refractivity contribution >= 4 is 15.7 Å². The van der Waals surface area contributed by atoms with Crippen LogP contribution in [0.4, 0.5) is 0 Å². The normalized spacial score (nSPS) is 19.5. The number of rotatable bonds is 7. The van der Waals surface area contributed by atoms with Crippen LogP contribution in [0, 0.1) is 0 Å². The fourth-order valence-corrected chi connectivity index (χ4v) is 4.41. The molecular weight excluding hydrogens is 316 g/mol. The monoisotopic (exact) mass is 340 g/mol. The van der Waals surface area contributed by atoms with Crippen molar-refractivity contribution in [3.05, 3.63) is 29.8 Å². The van der Waals surface area contributed by atoms with Crippen molar-refractivity contribution in [1.82, 2.24) is 10.2 Å². The van der Waals surface area contributed by atoms with Gasteiger partial charge in [-0.1, -0.05) is 12.1 Å². The Kier molecular flexibility index (Phi) is 6.01. The van der Waals surface area contributed by atoms with Gasteiger partial charge in [0, 0.05) is 32.6 Å². The van der Waals surface area contributed by atoms with Gasteiger partial charge in [-0.25, -0.2) is 8.42 Å². The molecule has 1 aliphatic heterocycles. The van der Waals surface area contributed by atoms with Gasteiger partial charge in [-0.05, 0) is 24.1 Å². The fraction of sp³-hybridized carbons (Fsp3) is 0.562. The molecule has 23 heavy (non-hydrogen) atoms. The van der Waals surface area contributed by atoms with Crippen LogP contribution in [0.3, 0.4) is 0 Å². The van der Waals surface area contributed by atoms with E-state index in [4.69, 9.17) is 4.74 Å². The van der Waals surface area contributed by atoms with Crippen LogP contribution in [0.15, 0.2) is 24.3 Å². The summed E-state index contributed by atoms with van der Waals surface area (Å²) < 4.78 is 28.0. The Hall–Kier alpha value is -1.60. The zero-order chi connectivity index (χ0) is 16.9. The molecule has 0 aliphatic carbocycles. The number of hydrogen-bond donors (Lipinski definition) is 1. The lowest BCUT2D eigenvalue weighted by atomic mass is 10.2. The molecule has 1 amide bonds. The highest BCUT2D eigenvalue weighted by Crippen LogP contribution is 2.17. The van der Waals surface area contributed by atoms with Crippen LogP contribution < -0.4 is 10.1 Å². The van der Waals surface area contributed by atoms with Crippen LogP contribution in [-0.2, 0) is 21.2 Å². The topological polar surface area (TPSA) is 75.7 Å². The van der Waals surface area contributed by atoms with Gasteiger partial charge in [0.05, 0.1) is 18.6 Å². The second-order valence-electron chi connectivity index (χ2n) is 5.84. The van der Waals surface area contributed by atoms with Crippen LogP contribution in [0.2, 0.25) is 0 Å². The van der Waals surface area contributed by atoms with Crippen molar-refractivity contribution in [2.75, 3.05) is 32.2 Å². The van der Waals surface area contributed by atoms with Gasteiger partial charge in [0.15, 0.2) is 9.84 Å². The highest BCUT2D eigenvalue weighted by molar-refractivity contribution is 7.91. The van der Waals surface area contributed by atoms with Crippen molar-refractivity contribution < 1.29 is 17.9 Å². The number of methoxy groups -OCH3 is 1. The van der Waals surface area contributed by atoms with Gasteiger partial charge in [0.25, 0.3) is 0 Å². The first-order valence-electron chi connectivity index (χ1n) is 7.71. The molecule has 0 radical (unpaired) electrons. The van der Waals surface area contributed by atoms with Crippen molar-refractivity contribution in [2.45, 2.75) is 25.4 Å². The summed E-state index contributed by atoms with van der Waals surface area (Å²) >= 11 is 0. The molecule has 1 aromatic carbocycles. The molecule has 128 valence electrons. The number of sulfone groups is 1. The molecule has 7 heteroatoms. The Bertz CT molecular complexity index is 628. The van der Waals surface area contributed by atoms with Crippen molar-refractivity contribution in [3.63, 3.8) is 0 Å². The predicted molar refractivity (Wildman–Crippen MR) is 89.1 cm³/mol. The van der Waals surface area contributed by atoms with E-state index in [9.17, 15) is 13.2 Å². The summed E-state index contributed by atoms with van der Waals surface area (Å²) in [5.41, 5.74) is 1.12. The molecule has 0 aromatic heterocycles. The Labute approximate surface area is 137 Å². The molecule has 1 aliphatic rings. The lowest BCUT2D eigenvalue weighted by Gasteiger charge is -2.23. The smallest absolute Gasteiger partial charge is 0.223 e. The van der Waals surface area contributed by atoms with Gasteiger partial charge < -0.3 is 15.0 Å². The van der Waals surface area contributed by atoms with Crippen LogP contribution in [0.1, 0.15) is 18.4 Å². The zero-order valence-electron chi connectivity index (χ0n) is 13.6. The quantitative estimate of drug-likeness (QED) is 0.744. The fourth-order valence-electron chi connectivity index (χ4n) is 2.63. The molecule has 1 N–H and O–H groups in total. The maximum Gasteiger partial charge on any atom is 0.223 e. The number of carbonyl (C=O) groups excluding carboxylic acids is 1. The van der Waals surface area contributed by atoms with Gasteiger partial charge in [-0.15, -0.1) is 0 Å². The van der Waals surface area contributed by atoms with Crippen molar-refractivity contribution in [2.24, 2.45) is 0 Å². The second kappa shape index (κ2) is 7.79. The van der Waals surface area contributed by atoms with E-state index in [1.54, 1.807) is 19.1 Å². The molecule has 2 rings (SSSR count). The second-order valence-corrected chi connectivity index (χ2v) is 8.07. The Morgan fingerprint density at radius 3 is 2.61 bits per heavy atom. The lowest BCUT2D eigenvalue weighted by molar-refractivity contribution is -0.131. The van der Waals surface area contributed by atoms with E-state index >= 15 is 0 Å². The van der Waals surface area contributed by atoms with Crippen molar-refractivity contribution in [1.29, 1.82) is 0 Å². The predicted octanol–water partition coefficient (Wildman–Crippen LogP) is 0.820. The average Bonchev–Trinajstić information content (AvgIpc) is 2.91. The Morgan fingerprint density at radius 2 is 2.04 bits per heavy atom. The molecule has 1 heterocycles. The van der Waals surface area contributed by atoms with E-state index in [0.717, 1.165) is 11.3 Å². The van der Waals surface area contributed by atoms with Gasteiger partial charge >= 0.3 is 0 Å². The maximum absolute atomic E-state index is 12.1. The average molecular weight is 340 g/mol. The first-order valence-corrected chi connectivity index (χ1v) is 9.53. The minimum absolute atomic E-state index is 0.0191. The molecule has 1 saturated heterocycles. The molecule has 1 fully saturated rings. The third-order valence-electron chi connectivity index (χ3n) is 4.15. The number of hydrogen-bond acceptors (Lipinski definition) is 5. The van der Waals surface area contributed by atoms with E-state index < -0.39 is 9.84 Å². The van der Waals surface area contributed by atoms with Gasteiger partial charge in [0.2, 0.25) is 5.91 Å². The van der Waals surface area contributed by atoms with E-state index in [1.165, 1.54) is 0 Å². The van der Waals surface area contributed by atoms with Crippen LogP contribution in [-0.4, -0.2) is 57.5 Å². The highest BCUT2D eigenvalue weighted by Gasteiger charge is 2.32. The standard InChI is InChI=1S/C16H24N2O4S/c1-18(14-8-10-23(20,21)12-14)16(19)7-9-17-11-13-3-5-15(22-2)6-4-13/h3-6,14,17H,7-12H2,1-2H3. The summed E-state index contributed by atoms with van der Waals surface area (Å²) in [5.74, 6) is 1.07. The van der Waals surface area contributed by atoms with Gasteiger partial charge in [0.1, 0.15) is 5.75 Å². The number of carbonyl (C=O) groups is 1. The summed E-state index contributed by atoms with van der Waals surface area (Å²) in [6.45, 7) is 1.24. The molecule has 1 atom stereocenters. The first kappa shape index (κ1) is 17.7. The van der Waals surface area contributed by atoms with E-state index in [1.807, 2.05) is 24.3 Å². The zero-order valence-corrected chi connectivity index (χ0v) is 14.4. The summed E-state index contributed by atoms with van der Waals surface area (Å²) in [5, 5.41) is 3.23. The highest BCUT2D eigenvalue weighted by atomic mass is 32.2. The first-order chi connectivity index (χ1) is 10.9. The van der Waals surface area contributed by atoms with Crippen LogP contribution in [0.5, 0.6) is 5.75 Å². The Balaban J connectivity index is 1.70. The van der Waals surface area contributed by atoms with E-state index in [-0.39, 0.29) is 23.5 Å². The van der Waals surface area contributed by atoms with E-state index in [2.05, 4.69) is 5.32 Å². The third kappa shape index (κ3) is 5.21. The molecular formula is C16H24N2O4S. The molecule has 0 spiro atoms. The Morgan fingerprint density at radius 1 is 1.35 bits per heavy atom.